The van der Waals surface area contributed by atoms with E-state index in [1.165, 1.54) is 22.9 Å². The molecule has 160 valence electrons. The Bertz CT molecular complexity index is 990. The molecule has 0 aliphatic carbocycles. The molecule has 31 heavy (non-hydrogen) atoms. The highest BCUT2D eigenvalue weighted by Crippen LogP contribution is 2.31. The zero-order chi connectivity index (χ0) is 21.8. The molecule has 1 aliphatic rings. The number of rotatable bonds is 5. The fraction of sp³-hybridized carbons (Fsp3) is 0.250. The lowest BCUT2D eigenvalue weighted by atomic mass is 9.96. The SMILES string of the molecule is CSc1ncccc1C(=O)N1CCN(C(c2ccc(Cl)cc2)c2ccc(Cl)cc2)CC1. The first-order chi connectivity index (χ1) is 15.1. The van der Waals surface area contributed by atoms with E-state index in [0.29, 0.717) is 18.7 Å². The highest BCUT2D eigenvalue weighted by molar-refractivity contribution is 7.98. The van der Waals surface area contributed by atoms with Gasteiger partial charge in [-0.15, -0.1) is 11.8 Å². The topological polar surface area (TPSA) is 36.4 Å². The van der Waals surface area contributed by atoms with Gasteiger partial charge >= 0.3 is 0 Å². The van der Waals surface area contributed by atoms with Gasteiger partial charge in [-0.25, -0.2) is 4.98 Å². The third-order valence-electron chi connectivity index (χ3n) is 5.53. The molecule has 4 rings (SSSR count). The van der Waals surface area contributed by atoms with Crippen molar-refractivity contribution in [2.45, 2.75) is 11.1 Å². The summed E-state index contributed by atoms with van der Waals surface area (Å²) < 4.78 is 0. The highest BCUT2D eigenvalue weighted by Gasteiger charge is 2.29. The van der Waals surface area contributed by atoms with Crippen LogP contribution in [0.2, 0.25) is 10.0 Å². The number of amides is 1. The van der Waals surface area contributed by atoms with Gasteiger partial charge in [0.2, 0.25) is 0 Å². The van der Waals surface area contributed by atoms with Crippen LogP contribution in [0.5, 0.6) is 0 Å². The van der Waals surface area contributed by atoms with Crippen LogP contribution in [0.1, 0.15) is 27.5 Å². The predicted molar refractivity (Wildman–Crippen MR) is 128 cm³/mol. The van der Waals surface area contributed by atoms with Crippen LogP contribution in [0.25, 0.3) is 0 Å². The number of carbonyl (C=O) groups is 1. The summed E-state index contributed by atoms with van der Waals surface area (Å²) in [5.41, 5.74) is 3.02. The van der Waals surface area contributed by atoms with Gasteiger partial charge in [-0.05, 0) is 53.8 Å². The lowest BCUT2D eigenvalue weighted by Crippen LogP contribution is -2.50. The zero-order valence-corrected chi connectivity index (χ0v) is 19.5. The molecule has 1 aliphatic heterocycles. The van der Waals surface area contributed by atoms with E-state index in [2.05, 4.69) is 34.1 Å². The minimum absolute atomic E-state index is 0.0478. The molecular formula is C24H23Cl2N3OS. The number of thioether (sulfide) groups is 1. The van der Waals surface area contributed by atoms with Crippen molar-refractivity contribution in [1.29, 1.82) is 0 Å². The Morgan fingerprint density at radius 2 is 1.45 bits per heavy atom. The van der Waals surface area contributed by atoms with Gasteiger partial charge in [0, 0.05) is 42.4 Å². The van der Waals surface area contributed by atoms with Crippen molar-refractivity contribution in [1.82, 2.24) is 14.8 Å². The van der Waals surface area contributed by atoms with Gasteiger partial charge in [0.05, 0.1) is 11.6 Å². The molecule has 0 atom stereocenters. The van der Waals surface area contributed by atoms with Gasteiger partial charge in [-0.1, -0.05) is 47.5 Å². The number of aromatic nitrogens is 1. The van der Waals surface area contributed by atoms with E-state index in [1.807, 2.05) is 47.6 Å². The van der Waals surface area contributed by atoms with Crippen LogP contribution in [-0.2, 0) is 0 Å². The minimum atomic E-state index is 0.0478. The molecule has 4 nitrogen and oxygen atoms in total. The summed E-state index contributed by atoms with van der Waals surface area (Å²) in [5, 5.41) is 2.21. The molecule has 0 bridgehead atoms. The van der Waals surface area contributed by atoms with Crippen LogP contribution < -0.4 is 0 Å². The normalized spacial score (nSPS) is 14.8. The number of carbonyl (C=O) groups excluding carboxylic acids is 1. The van der Waals surface area contributed by atoms with E-state index >= 15 is 0 Å². The Morgan fingerprint density at radius 3 is 1.97 bits per heavy atom. The smallest absolute Gasteiger partial charge is 0.256 e. The van der Waals surface area contributed by atoms with E-state index in [-0.39, 0.29) is 11.9 Å². The van der Waals surface area contributed by atoms with Crippen molar-refractivity contribution in [3.05, 3.63) is 93.6 Å². The summed E-state index contributed by atoms with van der Waals surface area (Å²) in [5.74, 6) is 0.0478. The van der Waals surface area contributed by atoms with E-state index < -0.39 is 0 Å². The van der Waals surface area contributed by atoms with E-state index in [1.54, 1.807) is 6.20 Å². The van der Waals surface area contributed by atoms with Crippen LogP contribution in [0.15, 0.2) is 71.9 Å². The number of hydrogen-bond acceptors (Lipinski definition) is 4. The average Bonchev–Trinajstić information content (AvgIpc) is 2.81. The minimum Gasteiger partial charge on any atom is -0.336 e. The van der Waals surface area contributed by atoms with E-state index in [4.69, 9.17) is 23.2 Å². The Kier molecular flexibility index (Phi) is 7.18. The number of piperazine rings is 1. The Balaban J connectivity index is 1.54. The van der Waals surface area contributed by atoms with Crippen molar-refractivity contribution in [2.24, 2.45) is 0 Å². The van der Waals surface area contributed by atoms with Gasteiger partial charge in [-0.3, -0.25) is 9.69 Å². The van der Waals surface area contributed by atoms with Crippen molar-refractivity contribution < 1.29 is 4.79 Å². The van der Waals surface area contributed by atoms with Crippen molar-refractivity contribution >= 4 is 40.9 Å². The molecule has 7 heteroatoms. The second-order valence-corrected chi connectivity index (χ2v) is 9.06. The van der Waals surface area contributed by atoms with Gasteiger partial charge in [-0.2, -0.15) is 0 Å². The highest BCUT2D eigenvalue weighted by atomic mass is 35.5. The zero-order valence-electron chi connectivity index (χ0n) is 17.2. The monoisotopic (exact) mass is 471 g/mol. The van der Waals surface area contributed by atoms with Crippen LogP contribution in [-0.4, -0.2) is 53.1 Å². The molecule has 0 saturated carbocycles. The summed E-state index contributed by atoms with van der Waals surface area (Å²) in [6.07, 6.45) is 3.67. The van der Waals surface area contributed by atoms with Crippen LogP contribution in [0.3, 0.4) is 0 Å². The van der Waals surface area contributed by atoms with Crippen LogP contribution >= 0.6 is 35.0 Å². The molecule has 1 fully saturated rings. The molecule has 0 unspecified atom stereocenters. The molecule has 3 aromatic rings. The third-order valence-corrected chi connectivity index (χ3v) is 6.75. The third kappa shape index (κ3) is 5.07. The predicted octanol–water partition coefficient (Wildman–Crippen LogP) is 5.66. The molecule has 2 heterocycles. The molecule has 1 amide bonds. The van der Waals surface area contributed by atoms with Gasteiger partial charge < -0.3 is 4.90 Å². The van der Waals surface area contributed by atoms with Crippen molar-refractivity contribution in [3.63, 3.8) is 0 Å². The first-order valence-corrected chi connectivity index (χ1v) is 12.1. The molecule has 1 saturated heterocycles. The number of benzene rings is 2. The number of nitrogens with zero attached hydrogens (tertiary/aromatic N) is 3. The van der Waals surface area contributed by atoms with E-state index in [0.717, 1.165) is 28.2 Å². The largest absolute Gasteiger partial charge is 0.336 e. The lowest BCUT2D eigenvalue weighted by Gasteiger charge is -2.40. The maximum absolute atomic E-state index is 13.1. The summed E-state index contributed by atoms with van der Waals surface area (Å²) in [7, 11) is 0. The first-order valence-electron chi connectivity index (χ1n) is 10.1. The second-order valence-electron chi connectivity index (χ2n) is 7.39. The van der Waals surface area contributed by atoms with Crippen molar-refractivity contribution in [3.8, 4) is 0 Å². The fourth-order valence-corrected chi connectivity index (χ4v) is 4.77. The molecular weight excluding hydrogens is 449 g/mol. The van der Waals surface area contributed by atoms with Gasteiger partial charge in [0.25, 0.3) is 5.91 Å². The first kappa shape index (κ1) is 22.2. The summed E-state index contributed by atoms with van der Waals surface area (Å²) in [6.45, 7) is 2.88. The quantitative estimate of drug-likeness (QED) is 0.449. The molecule has 0 radical (unpaired) electrons. The Labute approximate surface area is 197 Å². The molecule has 0 spiro atoms. The van der Waals surface area contributed by atoms with Crippen LogP contribution in [0, 0.1) is 0 Å². The fourth-order valence-electron chi connectivity index (χ4n) is 3.97. The summed E-state index contributed by atoms with van der Waals surface area (Å²) in [4.78, 5) is 21.8. The Hall–Kier alpha value is -2.05. The van der Waals surface area contributed by atoms with Crippen LogP contribution in [0.4, 0.5) is 0 Å². The number of pyridine rings is 1. The number of hydrogen-bond donors (Lipinski definition) is 0. The summed E-state index contributed by atoms with van der Waals surface area (Å²) in [6, 6.07) is 19.7. The van der Waals surface area contributed by atoms with E-state index in [9.17, 15) is 4.79 Å². The maximum atomic E-state index is 13.1. The maximum Gasteiger partial charge on any atom is 0.256 e. The summed E-state index contributed by atoms with van der Waals surface area (Å²) >= 11 is 13.7. The van der Waals surface area contributed by atoms with Gasteiger partial charge in [0.15, 0.2) is 0 Å². The second kappa shape index (κ2) is 10.0. The Morgan fingerprint density at radius 1 is 0.903 bits per heavy atom. The molecule has 1 aromatic heterocycles. The number of halogens is 2. The standard InChI is InChI=1S/C24H23Cl2N3OS/c1-31-23-21(3-2-12-27-23)24(30)29-15-13-28(14-16-29)22(17-4-8-19(25)9-5-17)18-6-10-20(26)11-7-18/h2-12,22H,13-16H2,1H3. The molecule has 2 aromatic carbocycles. The lowest BCUT2D eigenvalue weighted by molar-refractivity contribution is 0.0593. The van der Waals surface area contributed by atoms with Crippen molar-refractivity contribution in [2.75, 3.05) is 32.4 Å². The molecule has 0 N–H and O–H groups in total. The van der Waals surface area contributed by atoms with Gasteiger partial charge in [0.1, 0.15) is 5.03 Å². The average molecular weight is 472 g/mol.